The van der Waals surface area contributed by atoms with Crippen molar-refractivity contribution in [3.8, 4) is 0 Å². The van der Waals surface area contributed by atoms with Gasteiger partial charge in [0.05, 0.1) is 28.2 Å². The highest BCUT2D eigenvalue weighted by atomic mass is 16.2. The molecule has 0 spiro atoms. The van der Waals surface area contributed by atoms with Crippen molar-refractivity contribution in [1.29, 1.82) is 0 Å². The fraction of sp³-hybridized carbons (Fsp3) is 1.00. The van der Waals surface area contributed by atoms with Crippen LogP contribution in [0.15, 0.2) is 0 Å². The first-order valence-electron chi connectivity index (χ1n) is 3.81. The predicted octanol–water partition coefficient (Wildman–Crippen LogP) is 0.924. The standard InChI is InChI=1S/C4H12N.C4H10O.H2O/c1-5(2,3)4;1-2-3-4-5;/h1-4H3;5H,2-4H2,1H3;1H2/q+1;;/p-1. The fourth-order valence-corrected chi connectivity index (χ4v) is 0.158. The van der Waals surface area contributed by atoms with Gasteiger partial charge in [0.1, 0.15) is 0 Å². The van der Waals surface area contributed by atoms with E-state index >= 15 is 0 Å². The summed E-state index contributed by atoms with van der Waals surface area (Å²) in [5, 5.41) is 8.07. The van der Waals surface area contributed by atoms with Gasteiger partial charge in [0, 0.05) is 6.61 Å². The Bertz CT molecular complexity index is 51.6. The summed E-state index contributed by atoms with van der Waals surface area (Å²) in [5.74, 6) is 0. The summed E-state index contributed by atoms with van der Waals surface area (Å²) in [6.07, 6.45) is 2.04. The number of unbranched alkanes of at least 4 members (excludes halogenated alkanes) is 1. The second kappa shape index (κ2) is 9.88. The Balaban J connectivity index is -0.000000107. The lowest BCUT2D eigenvalue weighted by Crippen LogP contribution is -2.27. The number of hydrogen-bond acceptors (Lipinski definition) is 2. The largest absolute Gasteiger partial charge is 0.870 e. The van der Waals surface area contributed by atoms with E-state index in [1.54, 1.807) is 0 Å². The van der Waals surface area contributed by atoms with Crippen molar-refractivity contribution in [1.82, 2.24) is 0 Å². The molecule has 11 heavy (non-hydrogen) atoms. The van der Waals surface area contributed by atoms with Crippen LogP contribution in [-0.2, 0) is 0 Å². The number of aliphatic hydroxyl groups is 1. The van der Waals surface area contributed by atoms with Gasteiger partial charge in [0.15, 0.2) is 0 Å². The first-order chi connectivity index (χ1) is 4.41. The maximum atomic E-state index is 8.07. The van der Waals surface area contributed by atoms with Crippen LogP contribution in [0.4, 0.5) is 0 Å². The smallest absolute Gasteiger partial charge is 0.0675 e. The molecule has 0 aromatic heterocycles. The van der Waals surface area contributed by atoms with E-state index in [0.29, 0.717) is 6.61 Å². The molecule has 3 nitrogen and oxygen atoms in total. The van der Waals surface area contributed by atoms with E-state index in [2.05, 4.69) is 35.1 Å². The molecule has 0 atom stereocenters. The highest BCUT2D eigenvalue weighted by molar-refractivity contribution is 4.23. The Hall–Kier alpha value is -0.120. The molecule has 2 N–H and O–H groups in total. The lowest BCUT2D eigenvalue weighted by atomic mass is 10.4. The molecule has 0 bridgehead atoms. The molecule has 0 amide bonds. The van der Waals surface area contributed by atoms with Crippen molar-refractivity contribution in [3.63, 3.8) is 0 Å². The lowest BCUT2D eigenvalue weighted by molar-refractivity contribution is -0.849. The monoisotopic (exact) mass is 165 g/mol. The Morgan fingerprint density at radius 2 is 1.36 bits per heavy atom. The molecule has 0 rings (SSSR count). The van der Waals surface area contributed by atoms with Crippen molar-refractivity contribution in [2.75, 3.05) is 34.8 Å². The van der Waals surface area contributed by atoms with Gasteiger partial charge in [-0.25, -0.2) is 0 Å². The van der Waals surface area contributed by atoms with Crippen molar-refractivity contribution in [2.24, 2.45) is 0 Å². The summed E-state index contributed by atoms with van der Waals surface area (Å²) in [5.41, 5.74) is 0. The van der Waals surface area contributed by atoms with Gasteiger partial charge < -0.3 is 15.1 Å². The van der Waals surface area contributed by atoms with Crippen molar-refractivity contribution >= 4 is 0 Å². The van der Waals surface area contributed by atoms with Crippen LogP contribution in [0.1, 0.15) is 19.8 Å². The number of hydrogen-bond donors (Lipinski definition) is 1. The minimum absolute atomic E-state index is 0. The molecule has 0 heterocycles. The van der Waals surface area contributed by atoms with Crippen LogP contribution >= 0.6 is 0 Å². The van der Waals surface area contributed by atoms with Gasteiger partial charge in [-0.05, 0) is 6.42 Å². The summed E-state index contributed by atoms with van der Waals surface area (Å²) in [6, 6.07) is 0. The van der Waals surface area contributed by atoms with E-state index in [-0.39, 0.29) is 5.48 Å². The first-order valence-corrected chi connectivity index (χ1v) is 3.81. The zero-order valence-electron chi connectivity index (χ0n) is 8.46. The van der Waals surface area contributed by atoms with Gasteiger partial charge in [-0.15, -0.1) is 0 Å². The normalized spacial score (nSPS) is 9.27. The number of rotatable bonds is 2. The molecule has 0 saturated heterocycles. The van der Waals surface area contributed by atoms with Gasteiger partial charge >= 0.3 is 0 Å². The molecule has 3 heteroatoms. The molecule has 0 aliphatic heterocycles. The maximum absolute atomic E-state index is 8.07. The van der Waals surface area contributed by atoms with Crippen LogP contribution in [0.2, 0.25) is 0 Å². The third kappa shape index (κ3) is 174. The fourth-order valence-electron chi connectivity index (χ4n) is 0.158. The van der Waals surface area contributed by atoms with E-state index in [0.717, 1.165) is 17.3 Å². The van der Waals surface area contributed by atoms with Crippen LogP contribution in [0, 0.1) is 0 Å². The van der Waals surface area contributed by atoms with E-state index in [1.807, 2.05) is 0 Å². The third-order valence-electron chi connectivity index (χ3n) is 0.512. The molecule has 0 unspecified atom stereocenters. The number of nitrogens with zero attached hydrogens (tertiary/aromatic N) is 1. The molecular weight excluding hydrogens is 142 g/mol. The number of aliphatic hydroxyl groups excluding tert-OH is 1. The molecule has 0 fully saturated rings. The van der Waals surface area contributed by atoms with Crippen LogP contribution in [0.3, 0.4) is 0 Å². The molecule has 0 aromatic rings. The molecule has 0 aliphatic rings. The van der Waals surface area contributed by atoms with Crippen LogP contribution in [0.25, 0.3) is 0 Å². The van der Waals surface area contributed by atoms with E-state index in [4.69, 9.17) is 5.11 Å². The Labute approximate surface area is 70.5 Å². The van der Waals surface area contributed by atoms with Crippen LogP contribution < -0.4 is 0 Å². The van der Waals surface area contributed by atoms with Crippen molar-refractivity contribution < 1.29 is 15.1 Å². The van der Waals surface area contributed by atoms with E-state index in [9.17, 15) is 0 Å². The van der Waals surface area contributed by atoms with E-state index in [1.165, 1.54) is 0 Å². The van der Waals surface area contributed by atoms with Crippen LogP contribution in [-0.4, -0.2) is 49.9 Å². The summed E-state index contributed by atoms with van der Waals surface area (Å²) < 4.78 is 1.00. The van der Waals surface area contributed by atoms with Gasteiger partial charge in [-0.3, -0.25) is 0 Å². The second-order valence-electron chi connectivity index (χ2n) is 3.76. The Morgan fingerprint density at radius 1 is 1.09 bits per heavy atom. The molecule has 72 valence electrons. The zero-order chi connectivity index (χ0) is 8.62. The van der Waals surface area contributed by atoms with Crippen molar-refractivity contribution in [2.45, 2.75) is 19.8 Å². The predicted molar refractivity (Wildman–Crippen MR) is 47.9 cm³/mol. The molecule has 0 aromatic carbocycles. The Kier molecular flexibility index (Phi) is 15.4. The van der Waals surface area contributed by atoms with E-state index < -0.39 is 0 Å². The molecule has 0 aliphatic carbocycles. The van der Waals surface area contributed by atoms with Gasteiger partial charge in [-0.1, -0.05) is 13.3 Å². The minimum Gasteiger partial charge on any atom is -0.870 e. The highest BCUT2D eigenvalue weighted by Gasteiger charge is 1.88. The summed E-state index contributed by atoms with van der Waals surface area (Å²) >= 11 is 0. The summed E-state index contributed by atoms with van der Waals surface area (Å²) in [4.78, 5) is 0. The SMILES string of the molecule is CCCCO.C[N+](C)(C)C.[OH-]. The van der Waals surface area contributed by atoms with Gasteiger partial charge in [-0.2, -0.15) is 0 Å². The topological polar surface area (TPSA) is 50.2 Å². The lowest BCUT2D eigenvalue weighted by Gasteiger charge is -2.14. The van der Waals surface area contributed by atoms with Crippen molar-refractivity contribution in [3.05, 3.63) is 0 Å². The molecular formula is C8H23NO2. The minimum atomic E-state index is 0. The number of quaternary nitrogens is 1. The molecule has 0 radical (unpaired) electrons. The van der Waals surface area contributed by atoms with Crippen LogP contribution in [0.5, 0.6) is 0 Å². The average Bonchev–Trinajstić information content (AvgIpc) is 1.63. The third-order valence-corrected chi connectivity index (χ3v) is 0.512. The summed E-state index contributed by atoms with van der Waals surface area (Å²) in [6.45, 7) is 2.40. The summed E-state index contributed by atoms with van der Waals surface area (Å²) in [7, 11) is 8.50. The molecule has 0 saturated carbocycles. The Morgan fingerprint density at radius 3 is 1.36 bits per heavy atom. The zero-order valence-corrected chi connectivity index (χ0v) is 8.46. The van der Waals surface area contributed by atoms with Gasteiger partial charge in [0.25, 0.3) is 0 Å². The quantitative estimate of drug-likeness (QED) is 0.619. The van der Waals surface area contributed by atoms with Gasteiger partial charge in [0.2, 0.25) is 0 Å². The second-order valence-corrected chi connectivity index (χ2v) is 3.76. The average molecular weight is 165 g/mol. The highest BCUT2D eigenvalue weighted by Crippen LogP contribution is 1.78. The first kappa shape index (κ1) is 17.1. The maximum Gasteiger partial charge on any atom is 0.0675 e.